The monoisotopic (exact) mass is 408 g/mol. The zero-order valence-corrected chi connectivity index (χ0v) is 16.8. The van der Waals surface area contributed by atoms with Crippen LogP contribution in [0.4, 0.5) is 0 Å². The van der Waals surface area contributed by atoms with Gasteiger partial charge in [0, 0.05) is 28.9 Å². The van der Waals surface area contributed by atoms with Crippen molar-refractivity contribution >= 4 is 11.0 Å². The smallest absolute Gasteiger partial charge is 0.181 e. The van der Waals surface area contributed by atoms with Crippen LogP contribution in [0.25, 0.3) is 33.4 Å². The minimum absolute atomic E-state index is 0.175. The molecule has 6 heteroatoms. The summed E-state index contributed by atoms with van der Waals surface area (Å²) < 4.78 is 0. The lowest BCUT2D eigenvalue weighted by Gasteiger charge is -2.14. The topological polar surface area (TPSA) is 94.9 Å². The Bertz CT molecular complexity index is 1390. The minimum atomic E-state index is -0.816. The highest BCUT2D eigenvalue weighted by Crippen LogP contribution is 2.34. The zero-order valence-electron chi connectivity index (χ0n) is 16.8. The lowest BCUT2D eigenvalue weighted by atomic mass is 9.97. The average molecular weight is 408 g/mol. The maximum atomic E-state index is 10.9. The summed E-state index contributed by atoms with van der Waals surface area (Å²) in [4.78, 5) is 8.83. The van der Waals surface area contributed by atoms with Crippen molar-refractivity contribution in [3.8, 4) is 28.1 Å². The van der Waals surface area contributed by atoms with Crippen LogP contribution >= 0.6 is 0 Å². The summed E-state index contributed by atoms with van der Waals surface area (Å²) in [5, 5.41) is 29.2. The summed E-state index contributed by atoms with van der Waals surface area (Å²) in [6, 6.07) is 20.6. The number of hydrogen-bond donors (Lipinski definition) is 3. The number of aliphatic hydroxyl groups excluding tert-OH is 1. The van der Waals surface area contributed by atoms with E-state index in [1.807, 2.05) is 61.5 Å². The summed E-state index contributed by atoms with van der Waals surface area (Å²) in [5.74, 6) is 0.175. The highest BCUT2D eigenvalue weighted by atomic mass is 16.3. The number of aryl methyl sites for hydroxylation is 1. The van der Waals surface area contributed by atoms with E-state index >= 15 is 0 Å². The van der Waals surface area contributed by atoms with Crippen LogP contribution in [0.3, 0.4) is 0 Å². The molecule has 0 fully saturated rings. The second-order valence-corrected chi connectivity index (χ2v) is 7.44. The molecule has 0 saturated carbocycles. The van der Waals surface area contributed by atoms with Crippen molar-refractivity contribution in [3.05, 3.63) is 95.9 Å². The molecule has 0 bridgehead atoms. The molecule has 3 heterocycles. The van der Waals surface area contributed by atoms with Crippen LogP contribution in [0.1, 0.15) is 22.9 Å². The Kier molecular flexibility index (Phi) is 4.69. The number of aliphatic hydroxyl groups is 1. The van der Waals surface area contributed by atoms with Gasteiger partial charge in [-0.05, 0) is 53.9 Å². The van der Waals surface area contributed by atoms with Crippen LogP contribution in [0.5, 0.6) is 5.75 Å². The van der Waals surface area contributed by atoms with Gasteiger partial charge in [0.1, 0.15) is 11.9 Å². The molecule has 1 atom stereocenters. The number of nitrogens with one attached hydrogen (secondary N) is 1. The van der Waals surface area contributed by atoms with Gasteiger partial charge in [0.15, 0.2) is 5.65 Å². The first-order valence-corrected chi connectivity index (χ1v) is 9.94. The normalized spacial score (nSPS) is 12.2. The molecule has 5 rings (SSSR count). The predicted molar refractivity (Wildman–Crippen MR) is 119 cm³/mol. The van der Waals surface area contributed by atoms with Crippen LogP contribution in [0.2, 0.25) is 0 Å². The molecule has 3 aromatic heterocycles. The second-order valence-electron chi connectivity index (χ2n) is 7.44. The van der Waals surface area contributed by atoms with Crippen molar-refractivity contribution in [2.75, 3.05) is 0 Å². The largest absolute Gasteiger partial charge is 0.507 e. The standard InChI is InChI=1S/C25H20N4O2/c1-15-6-5-11-26-22(15)24(31)17-8-4-7-16(12-17)18-13-20-23(28-29-25(20)27-14-18)19-9-2-3-10-21(19)30/h2-14,24,30-31H,1H3,(H,27,28,29). The van der Waals surface area contributed by atoms with Crippen molar-refractivity contribution in [1.29, 1.82) is 0 Å². The van der Waals surface area contributed by atoms with E-state index in [1.165, 1.54) is 0 Å². The number of rotatable bonds is 4. The van der Waals surface area contributed by atoms with Gasteiger partial charge in [-0.2, -0.15) is 5.10 Å². The van der Waals surface area contributed by atoms with Crippen LogP contribution in [0, 0.1) is 6.92 Å². The molecule has 6 nitrogen and oxygen atoms in total. The number of phenolic OH excluding ortho intramolecular Hbond substituents is 1. The van der Waals surface area contributed by atoms with E-state index in [9.17, 15) is 10.2 Å². The molecule has 1 unspecified atom stereocenters. The van der Waals surface area contributed by atoms with Crippen LogP contribution in [0.15, 0.2) is 79.1 Å². The second kappa shape index (κ2) is 7.66. The van der Waals surface area contributed by atoms with Crippen molar-refractivity contribution in [2.45, 2.75) is 13.0 Å². The molecule has 152 valence electrons. The van der Waals surface area contributed by atoms with Gasteiger partial charge in [-0.25, -0.2) is 4.98 Å². The van der Waals surface area contributed by atoms with Crippen LogP contribution < -0.4 is 0 Å². The first-order valence-electron chi connectivity index (χ1n) is 9.94. The summed E-state index contributed by atoms with van der Waals surface area (Å²) in [6.07, 6.45) is 2.63. The van der Waals surface area contributed by atoms with Crippen LogP contribution in [-0.2, 0) is 0 Å². The Labute approximate surface area is 178 Å². The number of hydrogen-bond acceptors (Lipinski definition) is 5. The lowest BCUT2D eigenvalue weighted by molar-refractivity contribution is 0.214. The van der Waals surface area contributed by atoms with Crippen molar-refractivity contribution < 1.29 is 10.2 Å². The van der Waals surface area contributed by atoms with E-state index in [0.717, 1.165) is 27.6 Å². The third-order valence-corrected chi connectivity index (χ3v) is 5.43. The fraction of sp³-hybridized carbons (Fsp3) is 0.0800. The highest BCUT2D eigenvalue weighted by molar-refractivity contribution is 5.94. The number of H-pyrrole nitrogens is 1. The zero-order chi connectivity index (χ0) is 21.4. The quantitative estimate of drug-likeness (QED) is 0.398. The van der Waals surface area contributed by atoms with E-state index in [2.05, 4.69) is 20.2 Å². The van der Waals surface area contributed by atoms with Gasteiger partial charge < -0.3 is 10.2 Å². The molecular formula is C25H20N4O2. The molecule has 0 radical (unpaired) electrons. The fourth-order valence-electron chi connectivity index (χ4n) is 3.78. The molecular weight excluding hydrogens is 388 g/mol. The van der Waals surface area contributed by atoms with E-state index in [1.54, 1.807) is 24.5 Å². The first kappa shape index (κ1) is 19.0. The van der Waals surface area contributed by atoms with E-state index in [0.29, 0.717) is 22.6 Å². The third-order valence-electron chi connectivity index (χ3n) is 5.43. The Morgan fingerprint density at radius 3 is 2.61 bits per heavy atom. The highest BCUT2D eigenvalue weighted by Gasteiger charge is 2.16. The molecule has 0 spiro atoms. The van der Waals surface area contributed by atoms with Gasteiger partial charge in [-0.1, -0.05) is 36.4 Å². The molecule has 31 heavy (non-hydrogen) atoms. The summed E-state index contributed by atoms with van der Waals surface area (Å²) >= 11 is 0. The summed E-state index contributed by atoms with van der Waals surface area (Å²) in [5.41, 5.74) is 6.09. The molecule has 0 amide bonds. The number of phenols is 1. The molecule has 0 aliphatic heterocycles. The van der Waals surface area contributed by atoms with Gasteiger partial charge in [-0.15, -0.1) is 0 Å². The predicted octanol–water partition coefficient (Wildman–Crippen LogP) is 4.78. The summed E-state index contributed by atoms with van der Waals surface area (Å²) in [6.45, 7) is 1.94. The number of aromatic amines is 1. The average Bonchev–Trinajstić information content (AvgIpc) is 3.22. The van der Waals surface area contributed by atoms with Gasteiger partial charge in [0.2, 0.25) is 0 Å². The SMILES string of the molecule is Cc1cccnc1C(O)c1cccc(-c2cnc3n[nH]c(-c4ccccc4O)c3c2)c1. The third kappa shape index (κ3) is 3.43. The number of benzene rings is 2. The Morgan fingerprint density at radius 2 is 1.77 bits per heavy atom. The number of fused-ring (bicyclic) bond motifs is 1. The Morgan fingerprint density at radius 1 is 0.903 bits per heavy atom. The van der Waals surface area contributed by atoms with Crippen molar-refractivity contribution in [2.24, 2.45) is 0 Å². The number of aromatic nitrogens is 4. The van der Waals surface area contributed by atoms with Gasteiger partial charge in [0.05, 0.1) is 11.4 Å². The van der Waals surface area contributed by atoms with Crippen LogP contribution in [-0.4, -0.2) is 30.4 Å². The molecule has 0 aliphatic rings. The fourth-order valence-corrected chi connectivity index (χ4v) is 3.78. The number of nitrogens with zero attached hydrogens (tertiary/aromatic N) is 3. The molecule has 2 aromatic carbocycles. The Hall–Kier alpha value is -4.03. The number of pyridine rings is 2. The maximum Gasteiger partial charge on any atom is 0.181 e. The van der Waals surface area contributed by atoms with E-state index in [4.69, 9.17) is 0 Å². The Balaban J connectivity index is 1.57. The molecule has 5 aromatic rings. The van der Waals surface area contributed by atoms with Crippen molar-refractivity contribution in [3.63, 3.8) is 0 Å². The lowest BCUT2D eigenvalue weighted by Crippen LogP contribution is -2.04. The molecule has 0 aliphatic carbocycles. The number of aromatic hydroxyl groups is 1. The van der Waals surface area contributed by atoms with Gasteiger partial charge in [0.25, 0.3) is 0 Å². The number of para-hydroxylation sites is 1. The minimum Gasteiger partial charge on any atom is -0.507 e. The summed E-state index contributed by atoms with van der Waals surface area (Å²) in [7, 11) is 0. The van der Waals surface area contributed by atoms with Gasteiger partial charge >= 0.3 is 0 Å². The molecule has 0 saturated heterocycles. The first-order chi connectivity index (χ1) is 15.1. The maximum absolute atomic E-state index is 10.9. The molecule has 3 N–H and O–H groups in total. The van der Waals surface area contributed by atoms with E-state index in [-0.39, 0.29) is 5.75 Å². The van der Waals surface area contributed by atoms with Gasteiger partial charge in [-0.3, -0.25) is 10.1 Å². The van der Waals surface area contributed by atoms with Crippen molar-refractivity contribution in [1.82, 2.24) is 20.2 Å². The van der Waals surface area contributed by atoms with E-state index < -0.39 is 6.10 Å².